The highest BCUT2D eigenvalue weighted by molar-refractivity contribution is 7.98. The molecule has 7 amide bonds. The molecule has 54 heavy (non-hydrogen) atoms. The third-order valence-electron chi connectivity index (χ3n) is 7.47. The minimum Gasteiger partial charge on any atom is -0.480 e. The molecule has 0 heterocycles. The summed E-state index contributed by atoms with van der Waals surface area (Å²) in [5, 5.41) is 43.2. The summed E-state index contributed by atoms with van der Waals surface area (Å²) in [6.07, 6.45) is 3.25. The van der Waals surface area contributed by atoms with Crippen molar-refractivity contribution < 1.29 is 53.7 Å². The molecule has 0 saturated heterocycles. The van der Waals surface area contributed by atoms with Crippen molar-refractivity contribution in [1.82, 2.24) is 31.9 Å². The summed E-state index contributed by atoms with van der Waals surface area (Å²) >= 11 is 2.80. The number of carbonyl (C=O) groups excluding carboxylic acids is 7. The number of nitrogens with two attached hydrogens (primary N) is 4. The number of nitrogens with zero attached hydrogens (tertiary/aromatic N) is 1. The Morgan fingerprint density at radius 2 is 1.06 bits per heavy atom. The van der Waals surface area contributed by atoms with Crippen LogP contribution in [0.1, 0.15) is 45.4 Å². The molecule has 0 saturated carbocycles. The SMILES string of the molecule is CSCC[C@H](NC(=O)[C@H](C)NC(=O)[C@H](CO)NC(=O)[C@@H](N)CCSC)C(=O)N[C@@H](CO)C(=O)N[C@@H](CCCN=C(N)N)C(=O)N[C@@H](CCC(N)=O)C(=O)O. The third-order valence-corrected chi connectivity index (χ3v) is 8.76. The summed E-state index contributed by atoms with van der Waals surface area (Å²) in [5.41, 5.74) is 21.5. The predicted octanol–water partition coefficient (Wildman–Crippen LogP) is -5.86. The molecule has 17 N–H and O–H groups in total. The number of aliphatic carboxylic acids is 1. The van der Waals surface area contributed by atoms with Crippen LogP contribution in [-0.2, 0) is 38.4 Å². The molecule has 0 rings (SSSR count). The van der Waals surface area contributed by atoms with E-state index in [0.29, 0.717) is 17.9 Å². The van der Waals surface area contributed by atoms with E-state index in [4.69, 9.17) is 22.9 Å². The number of aliphatic hydroxyl groups is 2. The average Bonchev–Trinajstić information content (AvgIpc) is 3.11. The Bertz CT molecular complexity index is 1310. The predicted molar refractivity (Wildman–Crippen MR) is 201 cm³/mol. The van der Waals surface area contributed by atoms with E-state index >= 15 is 0 Å². The number of nitrogens with one attached hydrogen (secondary N) is 6. The highest BCUT2D eigenvalue weighted by Crippen LogP contribution is 2.06. The fourth-order valence-corrected chi connectivity index (χ4v) is 5.32. The van der Waals surface area contributed by atoms with Crippen LogP contribution in [0.15, 0.2) is 4.99 Å². The topological polar surface area (TPSA) is 386 Å². The molecule has 24 heteroatoms. The van der Waals surface area contributed by atoms with Crippen molar-refractivity contribution in [3.63, 3.8) is 0 Å². The third kappa shape index (κ3) is 20.2. The molecular formula is C30H55N11O11S2. The van der Waals surface area contributed by atoms with Gasteiger partial charge in [-0.25, -0.2) is 4.79 Å². The zero-order valence-corrected chi connectivity index (χ0v) is 32.1. The quantitative estimate of drug-likeness (QED) is 0.0199. The number of carboxylic acid groups (broad SMARTS) is 1. The fraction of sp³-hybridized carbons (Fsp3) is 0.700. The van der Waals surface area contributed by atoms with Crippen molar-refractivity contribution in [2.75, 3.05) is 43.8 Å². The molecule has 0 aromatic carbocycles. The van der Waals surface area contributed by atoms with E-state index in [1.807, 2.05) is 6.26 Å². The van der Waals surface area contributed by atoms with Gasteiger partial charge >= 0.3 is 5.97 Å². The van der Waals surface area contributed by atoms with Gasteiger partial charge in [-0.2, -0.15) is 23.5 Å². The molecule has 0 unspecified atom stereocenters. The van der Waals surface area contributed by atoms with Gasteiger partial charge in [-0.1, -0.05) is 0 Å². The van der Waals surface area contributed by atoms with Crippen LogP contribution in [0.2, 0.25) is 0 Å². The van der Waals surface area contributed by atoms with E-state index in [1.165, 1.54) is 30.4 Å². The molecule has 0 aliphatic rings. The van der Waals surface area contributed by atoms with Crippen molar-refractivity contribution in [2.45, 2.75) is 87.7 Å². The first-order valence-electron chi connectivity index (χ1n) is 16.8. The number of guanidine groups is 1. The smallest absolute Gasteiger partial charge is 0.326 e. The molecule has 0 aromatic heterocycles. The van der Waals surface area contributed by atoms with Gasteiger partial charge in [0.2, 0.25) is 41.4 Å². The maximum Gasteiger partial charge on any atom is 0.326 e. The number of carboxylic acids is 1. The van der Waals surface area contributed by atoms with Gasteiger partial charge in [0.1, 0.15) is 36.3 Å². The van der Waals surface area contributed by atoms with Crippen molar-refractivity contribution in [2.24, 2.45) is 27.9 Å². The van der Waals surface area contributed by atoms with Crippen LogP contribution in [0.4, 0.5) is 0 Å². The Morgan fingerprint density at radius 3 is 1.56 bits per heavy atom. The highest BCUT2D eigenvalue weighted by atomic mass is 32.2. The Hall–Kier alpha value is -4.39. The Kier molecular flexibility index (Phi) is 25.0. The number of aliphatic imine (C=N–C) groups is 1. The van der Waals surface area contributed by atoms with Gasteiger partial charge < -0.3 is 70.2 Å². The summed E-state index contributed by atoms with van der Waals surface area (Å²) < 4.78 is 0. The Balaban J connectivity index is 5.79. The number of amides is 7. The molecular weight excluding hydrogens is 755 g/mol. The van der Waals surface area contributed by atoms with Crippen molar-refractivity contribution >= 4 is 76.8 Å². The maximum absolute atomic E-state index is 13.3. The number of carbonyl (C=O) groups is 8. The minimum atomic E-state index is -1.65. The first-order valence-corrected chi connectivity index (χ1v) is 19.5. The van der Waals surface area contributed by atoms with Gasteiger partial charge in [0.05, 0.1) is 19.3 Å². The second-order valence-corrected chi connectivity index (χ2v) is 13.8. The number of aliphatic hydroxyl groups excluding tert-OH is 2. The number of primary amides is 1. The van der Waals surface area contributed by atoms with Crippen molar-refractivity contribution in [3.8, 4) is 0 Å². The van der Waals surface area contributed by atoms with E-state index in [0.717, 1.165) is 0 Å². The molecule has 0 radical (unpaired) electrons. The highest BCUT2D eigenvalue weighted by Gasteiger charge is 2.32. The van der Waals surface area contributed by atoms with E-state index in [2.05, 4.69) is 36.9 Å². The van der Waals surface area contributed by atoms with Crippen molar-refractivity contribution in [1.29, 1.82) is 0 Å². The van der Waals surface area contributed by atoms with E-state index < -0.39 is 103 Å². The van der Waals surface area contributed by atoms with Crippen LogP contribution in [0.5, 0.6) is 0 Å². The minimum absolute atomic E-state index is 0.0314. The number of thioether (sulfide) groups is 2. The summed E-state index contributed by atoms with van der Waals surface area (Å²) in [6, 6.07) is -9.51. The molecule has 308 valence electrons. The molecule has 0 aliphatic heterocycles. The van der Waals surface area contributed by atoms with Gasteiger partial charge in [0.15, 0.2) is 5.96 Å². The zero-order valence-electron chi connectivity index (χ0n) is 30.5. The summed E-state index contributed by atoms with van der Waals surface area (Å²) in [4.78, 5) is 104. The van der Waals surface area contributed by atoms with Gasteiger partial charge in [-0.05, 0) is 63.0 Å². The monoisotopic (exact) mass is 809 g/mol. The fourth-order valence-electron chi connectivity index (χ4n) is 4.36. The van der Waals surface area contributed by atoms with E-state index in [-0.39, 0.29) is 44.6 Å². The molecule has 0 fully saturated rings. The van der Waals surface area contributed by atoms with Crippen LogP contribution in [-0.4, -0.2) is 155 Å². The molecule has 22 nitrogen and oxygen atoms in total. The van der Waals surface area contributed by atoms with Crippen molar-refractivity contribution in [3.05, 3.63) is 0 Å². The van der Waals surface area contributed by atoms with Crippen LogP contribution in [0, 0.1) is 0 Å². The Morgan fingerprint density at radius 1 is 0.611 bits per heavy atom. The van der Waals surface area contributed by atoms with Crippen LogP contribution < -0.4 is 54.8 Å². The van der Waals surface area contributed by atoms with Crippen LogP contribution >= 0.6 is 23.5 Å². The van der Waals surface area contributed by atoms with Crippen LogP contribution in [0.25, 0.3) is 0 Å². The normalized spacial score (nSPS) is 14.7. The van der Waals surface area contributed by atoms with Gasteiger partial charge in [-0.3, -0.25) is 38.6 Å². The number of hydrogen-bond donors (Lipinski definition) is 13. The first kappa shape index (κ1) is 49.6. The zero-order chi connectivity index (χ0) is 41.4. The standard InChI is InChI=1S/C30H55N11O11S2/c1-15(36-27(49)20(13-42)40-24(46)16(31)8-11-53-2)23(45)37-18(9-12-54-3)26(48)41-21(14-43)28(50)38-17(5-4-10-35-30(33)34)25(47)39-19(29(51)52)6-7-22(32)44/h15-21,42-43H,4-14,31H2,1-3H3,(H2,32,44)(H,36,49)(H,37,45)(H,38,50)(H,39,47)(H,40,46)(H,41,48)(H,51,52)(H4,33,34,35)/t15-,16-,17-,18-,19-,20-,21-/m0/s1. The lowest BCUT2D eigenvalue weighted by Gasteiger charge is -2.26. The molecule has 0 aromatic rings. The second-order valence-electron chi connectivity index (χ2n) is 11.9. The second kappa shape index (κ2) is 27.2. The van der Waals surface area contributed by atoms with Gasteiger partial charge in [0, 0.05) is 13.0 Å². The number of hydrogen-bond acceptors (Lipinski definition) is 14. The lowest BCUT2D eigenvalue weighted by atomic mass is 10.1. The first-order chi connectivity index (χ1) is 25.4. The summed E-state index contributed by atoms with van der Waals surface area (Å²) in [7, 11) is 0. The lowest BCUT2D eigenvalue weighted by Crippen LogP contribution is -2.60. The van der Waals surface area contributed by atoms with E-state index in [1.54, 1.807) is 6.26 Å². The van der Waals surface area contributed by atoms with E-state index in [9.17, 15) is 53.7 Å². The largest absolute Gasteiger partial charge is 0.480 e. The maximum atomic E-state index is 13.3. The summed E-state index contributed by atoms with van der Waals surface area (Å²) in [5.74, 6) is -6.88. The molecule has 0 aliphatic carbocycles. The Labute approximate surface area is 321 Å². The van der Waals surface area contributed by atoms with Gasteiger partial charge in [0.25, 0.3) is 0 Å². The van der Waals surface area contributed by atoms with Gasteiger partial charge in [-0.15, -0.1) is 0 Å². The number of rotatable bonds is 28. The average molecular weight is 810 g/mol. The molecule has 7 atom stereocenters. The summed E-state index contributed by atoms with van der Waals surface area (Å²) in [6.45, 7) is -0.425. The molecule has 0 bridgehead atoms. The van der Waals surface area contributed by atoms with Crippen LogP contribution in [0.3, 0.4) is 0 Å². The lowest BCUT2D eigenvalue weighted by molar-refractivity contribution is -0.142. The molecule has 0 spiro atoms.